The summed E-state index contributed by atoms with van der Waals surface area (Å²) in [7, 11) is 0. The van der Waals surface area contributed by atoms with E-state index in [4.69, 9.17) is 10.2 Å². The monoisotopic (exact) mass is 461 g/mol. The van der Waals surface area contributed by atoms with Crippen LogP contribution in [0.3, 0.4) is 0 Å². The van der Waals surface area contributed by atoms with E-state index in [1.54, 1.807) is 12.3 Å². The number of para-hydroxylation sites is 1. The molecule has 7 heteroatoms. The number of hydrogen-bond donors (Lipinski definition) is 0. The van der Waals surface area contributed by atoms with Gasteiger partial charge in [0.15, 0.2) is 0 Å². The predicted molar refractivity (Wildman–Crippen MR) is 123 cm³/mol. The van der Waals surface area contributed by atoms with Crippen LogP contribution in [0.15, 0.2) is 63.0 Å². The SMILES string of the molecule is CC[C@H](C)c1nc2ccc(Br)cc2c(=O)n1N=Cc1cn(CC#N)c2ccccc12. The van der Waals surface area contributed by atoms with Crippen LogP contribution < -0.4 is 5.56 Å². The molecule has 0 saturated heterocycles. The Morgan fingerprint density at radius 2 is 2.07 bits per heavy atom. The minimum Gasteiger partial charge on any atom is -0.333 e. The van der Waals surface area contributed by atoms with Crippen molar-refractivity contribution in [3.63, 3.8) is 0 Å². The van der Waals surface area contributed by atoms with E-state index < -0.39 is 0 Å². The zero-order valence-corrected chi connectivity index (χ0v) is 18.3. The van der Waals surface area contributed by atoms with E-state index in [-0.39, 0.29) is 18.0 Å². The molecule has 0 bridgehead atoms. The van der Waals surface area contributed by atoms with Gasteiger partial charge >= 0.3 is 0 Å². The van der Waals surface area contributed by atoms with E-state index in [0.717, 1.165) is 27.4 Å². The van der Waals surface area contributed by atoms with Gasteiger partial charge in [-0.2, -0.15) is 15.0 Å². The second-order valence-electron chi connectivity index (χ2n) is 7.19. The second-order valence-corrected chi connectivity index (χ2v) is 8.11. The highest BCUT2D eigenvalue weighted by atomic mass is 79.9. The van der Waals surface area contributed by atoms with Gasteiger partial charge in [0.1, 0.15) is 12.4 Å². The Morgan fingerprint density at radius 3 is 2.83 bits per heavy atom. The summed E-state index contributed by atoms with van der Waals surface area (Å²) in [4.78, 5) is 18.0. The van der Waals surface area contributed by atoms with Gasteiger partial charge in [-0.05, 0) is 30.7 Å². The van der Waals surface area contributed by atoms with Crippen LogP contribution in [0.25, 0.3) is 21.8 Å². The number of nitrogens with zero attached hydrogens (tertiary/aromatic N) is 5. The van der Waals surface area contributed by atoms with Crippen molar-refractivity contribution in [3.05, 3.63) is 74.9 Å². The smallest absolute Gasteiger partial charge is 0.282 e. The van der Waals surface area contributed by atoms with Crippen molar-refractivity contribution in [3.8, 4) is 6.07 Å². The lowest BCUT2D eigenvalue weighted by molar-refractivity contribution is 0.613. The number of fused-ring (bicyclic) bond motifs is 2. The normalized spacial score (nSPS) is 12.6. The van der Waals surface area contributed by atoms with Crippen LogP contribution in [0.5, 0.6) is 0 Å². The number of aromatic nitrogens is 3. The molecule has 0 aliphatic heterocycles. The summed E-state index contributed by atoms with van der Waals surface area (Å²) >= 11 is 3.43. The van der Waals surface area contributed by atoms with Gasteiger partial charge < -0.3 is 4.57 Å². The maximum absolute atomic E-state index is 13.3. The summed E-state index contributed by atoms with van der Waals surface area (Å²) < 4.78 is 4.10. The second kappa shape index (κ2) is 8.25. The van der Waals surface area contributed by atoms with Crippen LogP contribution >= 0.6 is 15.9 Å². The Kier molecular flexibility index (Phi) is 5.51. The minimum atomic E-state index is -0.200. The number of hydrogen-bond acceptors (Lipinski definition) is 4. The highest BCUT2D eigenvalue weighted by Crippen LogP contribution is 2.22. The molecule has 150 valence electrons. The molecule has 6 nitrogen and oxygen atoms in total. The zero-order valence-electron chi connectivity index (χ0n) is 16.7. The van der Waals surface area contributed by atoms with Gasteiger partial charge in [0, 0.05) is 33.1 Å². The highest BCUT2D eigenvalue weighted by molar-refractivity contribution is 9.10. The first-order valence-electron chi connectivity index (χ1n) is 9.75. The first kappa shape index (κ1) is 20.0. The van der Waals surface area contributed by atoms with E-state index in [9.17, 15) is 4.79 Å². The van der Waals surface area contributed by atoms with E-state index in [0.29, 0.717) is 16.7 Å². The van der Waals surface area contributed by atoms with Gasteiger partial charge in [-0.25, -0.2) is 4.98 Å². The van der Waals surface area contributed by atoms with Crippen LogP contribution in [0.2, 0.25) is 0 Å². The third-order valence-electron chi connectivity index (χ3n) is 5.26. The van der Waals surface area contributed by atoms with Gasteiger partial charge in [-0.15, -0.1) is 0 Å². The van der Waals surface area contributed by atoms with Crippen LogP contribution in [-0.2, 0) is 6.54 Å². The molecule has 4 rings (SSSR count). The Morgan fingerprint density at radius 1 is 1.27 bits per heavy atom. The summed E-state index contributed by atoms with van der Waals surface area (Å²) in [6, 6.07) is 15.5. The van der Waals surface area contributed by atoms with Crippen molar-refractivity contribution in [2.75, 3.05) is 0 Å². The molecule has 0 N–H and O–H groups in total. The summed E-state index contributed by atoms with van der Waals surface area (Å²) in [5.74, 6) is 0.706. The van der Waals surface area contributed by atoms with Crippen LogP contribution in [0.1, 0.15) is 37.6 Å². The average Bonchev–Trinajstić information content (AvgIpc) is 3.11. The molecular weight excluding hydrogens is 442 g/mol. The Hall–Kier alpha value is -3.24. The molecule has 0 amide bonds. The fourth-order valence-electron chi connectivity index (χ4n) is 3.48. The first-order valence-corrected chi connectivity index (χ1v) is 10.5. The lowest BCUT2D eigenvalue weighted by Crippen LogP contribution is -2.23. The quantitative estimate of drug-likeness (QED) is 0.391. The zero-order chi connectivity index (χ0) is 21.3. The van der Waals surface area contributed by atoms with Gasteiger partial charge in [-0.3, -0.25) is 4.79 Å². The lowest BCUT2D eigenvalue weighted by Gasteiger charge is -2.13. The molecule has 2 aromatic carbocycles. The van der Waals surface area contributed by atoms with Crippen molar-refractivity contribution in [2.45, 2.75) is 32.7 Å². The van der Waals surface area contributed by atoms with E-state index in [1.165, 1.54) is 4.68 Å². The fourth-order valence-corrected chi connectivity index (χ4v) is 3.85. The predicted octanol–water partition coefficient (Wildman–Crippen LogP) is 5.03. The lowest BCUT2D eigenvalue weighted by atomic mass is 10.1. The maximum atomic E-state index is 13.3. The van der Waals surface area contributed by atoms with E-state index in [2.05, 4.69) is 34.0 Å². The Bertz CT molecular complexity index is 1380. The van der Waals surface area contributed by atoms with Gasteiger partial charge in [0.25, 0.3) is 5.56 Å². The summed E-state index contributed by atoms with van der Waals surface area (Å²) in [6.07, 6.45) is 4.40. The summed E-state index contributed by atoms with van der Waals surface area (Å²) in [5, 5.41) is 15.2. The van der Waals surface area contributed by atoms with E-state index >= 15 is 0 Å². The molecule has 4 aromatic rings. The first-order chi connectivity index (χ1) is 14.5. The fraction of sp³-hybridized carbons (Fsp3) is 0.217. The molecular formula is C23H20BrN5O. The molecule has 0 saturated carbocycles. The molecule has 2 aromatic heterocycles. The molecule has 1 atom stereocenters. The van der Waals surface area contributed by atoms with Gasteiger partial charge in [-0.1, -0.05) is 48.0 Å². The number of benzene rings is 2. The number of halogens is 1. The third kappa shape index (κ3) is 3.55. The molecule has 0 aliphatic carbocycles. The Labute approximate surface area is 182 Å². The van der Waals surface area contributed by atoms with Crippen LogP contribution in [-0.4, -0.2) is 20.4 Å². The topological polar surface area (TPSA) is 76.0 Å². The minimum absolute atomic E-state index is 0.0721. The summed E-state index contributed by atoms with van der Waals surface area (Å²) in [6.45, 7) is 4.35. The maximum Gasteiger partial charge on any atom is 0.282 e. The van der Waals surface area contributed by atoms with Crippen LogP contribution in [0, 0.1) is 11.3 Å². The highest BCUT2D eigenvalue weighted by Gasteiger charge is 2.16. The van der Waals surface area contributed by atoms with Crippen molar-refractivity contribution in [2.24, 2.45) is 5.10 Å². The van der Waals surface area contributed by atoms with Crippen LogP contribution in [0.4, 0.5) is 0 Å². The Balaban J connectivity index is 1.91. The van der Waals surface area contributed by atoms with Crippen molar-refractivity contribution < 1.29 is 0 Å². The molecule has 0 radical (unpaired) electrons. The number of rotatable bonds is 5. The van der Waals surface area contributed by atoms with Gasteiger partial charge in [0.05, 0.1) is 23.2 Å². The van der Waals surface area contributed by atoms with E-state index in [1.807, 2.05) is 54.1 Å². The molecule has 0 spiro atoms. The number of nitriles is 1. The molecule has 0 unspecified atom stereocenters. The molecule has 0 aliphatic rings. The van der Waals surface area contributed by atoms with Crippen molar-refractivity contribution >= 4 is 44.0 Å². The molecule has 30 heavy (non-hydrogen) atoms. The third-order valence-corrected chi connectivity index (χ3v) is 5.75. The van der Waals surface area contributed by atoms with Crippen molar-refractivity contribution in [1.29, 1.82) is 5.26 Å². The standard InChI is InChI=1S/C23H20BrN5O/c1-3-15(2)22-27-20-9-8-17(24)12-19(20)23(30)29(22)26-13-16-14-28(11-10-25)21-7-5-4-6-18(16)21/h4-9,12-15H,3,11H2,1-2H3/t15-/m0/s1. The van der Waals surface area contributed by atoms with Crippen molar-refractivity contribution in [1.82, 2.24) is 14.2 Å². The molecule has 0 fully saturated rings. The average molecular weight is 462 g/mol. The summed E-state index contributed by atoms with van der Waals surface area (Å²) in [5.41, 5.74) is 2.26. The largest absolute Gasteiger partial charge is 0.333 e. The van der Waals surface area contributed by atoms with Gasteiger partial charge in [0.2, 0.25) is 0 Å². The molecule has 2 heterocycles.